The van der Waals surface area contributed by atoms with Crippen molar-refractivity contribution in [2.24, 2.45) is 5.10 Å². The molecule has 136 valence electrons. The van der Waals surface area contributed by atoms with E-state index in [0.717, 1.165) is 5.56 Å². The summed E-state index contributed by atoms with van der Waals surface area (Å²) in [5, 5.41) is 19.1. The van der Waals surface area contributed by atoms with Gasteiger partial charge in [0.1, 0.15) is 0 Å². The van der Waals surface area contributed by atoms with Crippen molar-refractivity contribution in [3.63, 3.8) is 0 Å². The molecule has 0 fully saturated rings. The normalized spacial score (nSPS) is 10.9. The molecule has 8 nitrogen and oxygen atoms in total. The molecule has 1 aromatic heterocycles. The Kier molecular flexibility index (Phi) is 5.58. The fraction of sp³-hybridized carbons (Fsp3) is 0.0556. The lowest BCUT2D eigenvalue weighted by Gasteiger charge is -2.04. The summed E-state index contributed by atoms with van der Waals surface area (Å²) >= 11 is 5.83. The molecule has 0 spiro atoms. The predicted octanol–water partition coefficient (Wildman–Crippen LogP) is 3.26. The average Bonchev–Trinajstić information content (AvgIpc) is 3.07. The number of nitro groups is 1. The number of carbonyl (C=O) groups is 1. The van der Waals surface area contributed by atoms with E-state index in [1.165, 1.54) is 18.3 Å². The Morgan fingerprint density at radius 3 is 2.52 bits per heavy atom. The van der Waals surface area contributed by atoms with Gasteiger partial charge in [-0.3, -0.25) is 19.6 Å². The number of hydrogen-bond acceptors (Lipinski definition) is 5. The SMILES string of the molecule is O=C(N/N=C\c1ccc([N+](=O)[O-])cc1)c1ccc(Cn2cc(Cl)cn2)cc1. The molecule has 27 heavy (non-hydrogen) atoms. The van der Waals surface area contributed by atoms with Gasteiger partial charge in [0.15, 0.2) is 0 Å². The number of non-ortho nitro benzene ring substituents is 1. The van der Waals surface area contributed by atoms with Crippen LogP contribution >= 0.6 is 11.6 Å². The maximum atomic E-state index is 12.1. The zero-order valence-electron chi connectivity index (χ0n) is 13.9. The van der Waals surface area contributed by atoms with Crippen LogP contribution in [0.15, 0.2) is 66.0 Å². The summed E-state index contributed by atoms with van der Waals surface area (Å²) < 4.78 is 1.70. The Labute approximate surface area is 159 Å². The van der Waals surface area contributed by atoms with Crippen LogP contribution in [0.5, 0.6) is 0 Å². The Morgan fingerprint density at radius 1 is 1.22 bits per heavy atom. The Hall–Kier alpha value is -3.52. The Bertz CT molecular complexity index is 981. The van der Waals surface area contributed by atoms with Gasteiger partial charge in [-0.05, 0) is 35.4 Å². The first-order valence-corrected chi connectivity index (χ1v) is 8.24. The summed E-state index contributed by atoms with van der Waals surface area (Å²) in [7, 11) is 0. The molecule has 9 heteroatoms. The van der Waals surface area contributed by atoms with Crippen LogP contribution < -0.4 is 5.43 Å². The van der Waals surface area contributed by atoms with Crippen LogP contribution in [0.1, 0.15) is 21.5 Å². The first-order chi connectivity index (χ1) is 13.0. The van der Waals surface area contributed by atoms with Crippen molar-refractivity contribution >= 4 is 29.4 Å². The van der Waals surface area contributed by atoms with E-state index < -0.39 is 4.92 Å². The standard InChI is InChI=1S/C18H14ClN5O3/c19-16-10-21-23(12-16)11-14-1-5-15(6-2-14)18(25)22-20-9-13-3-7-17(8-4-13)24(26)27/h1-10,12H,11H2,(H,22,25)/b20-9-. The van der Waals surface area contributed by atoms with Crippen LogP contribution in [0.25, 0.3) is 0 Å². The molecule has 0 atom stereocenters. The zero-order chi connectivity index (χ0) is 19.2. The molecular weight excluding hydrogens is 370 g/mol. The van der Waals surface area contributed by atoms with Crippen molar-refractivity contribution < 1.29 is 9.72 Å². The minimum absolute atomic E-state index is 0.00587. The molecule has 1 heterocycles. The van der Waals surface area contributed by atoms with Crippen molar-refractivity contribution in [2.75, 3.05) is 0 Å². The van der Waals surface area contributed by atoms with Crippen molar-refractivity contribution in [3.8, 4) is 0 Å². The maximum absolute atomic E-state index is 12.1. The number of halogens is 1. The summed E-state index contributed by atoms with van der Waals surface area (Å²) in [6.45, 7) is 0.549. The van der Waals surface area contributed by atoms with E-state index in [-0.39, 0.29) is 11.6 Å². The van der Waals surface area contributed by atoms with Gasteiger partial charge in [0.2, 0.25) is 0 Å². The van der Waals surface area contributed by atoms with Crippen LogP contribution in [0.4, 0.5) is 5.69 Å². The second kappa shape index (κ2) is 8.24. The van der Waals surface area contributed by atoms with E-state index in [2.05, 4.69) is 15.6 Å². The third kappa shape index (κ3) is 4.99. The molecule has 0 aliphatic carbocycles. The quantitative estimate of drug-likeness (QED) is 0.401. The maximum Gasteiger partial charge on any atom is 0.271 e. The third-order valence-corrected chi connectivity index (χ3v) is 3.84. The van der Waals surface area contributed by atoms with Gasteiger partial charge in [0.05, 0.1) is 28.9 Å². The predicted molar refractivity (Wildman–Crippen MR) is 101 cm³/mol. The lowest BCUT2D eigenvalue weighted by Crippen LogP contribution is -2.17. The highest BCUT2D eigenvalue weighted by Crippen LogP contribution is 2.11. The highest BCUT2D eigenvalue weighted by molar-refractivity contribution is 6.30. The highest BCUT2D eigenvalue weighted by Gasteiger charge is 2.05. The highest BCUT2D eigenvalue weighted by atomic mass is 35.5. The number of nitrogens with zero attached hydrogens (tertiary/aromatic N) is 4. The van der Waals surface area contributed by atoms with Crippen LogP contribution in [0, 0.1) is 10.1 Å². The van der Waals surface area contributed by atoms with E-state index in [1.54, 1.807) is 41.3 Å². The van der Waals surface area contributed by atoms with E-state index >= 15 is 0 Å². The van der Waals surface area contributed by atoms with E-state index in [1.807, 2.05) is 12.1 Å². The van der Waals surface area contributed by atoms with Gasteiger partial charge in [-0.25, -0.2) is 5.43 Å². The van der Waals surface area contributed by atoms with Crippen molar-refractivity contribution in [1.29, 1.82) is 0 Å². The van der Waals surface area contributed by atoms with Crippen molar-refractivity contribution in [2.45, 2.75) is 6.54 Å². The molecule has 3 rings (SSSR count). The molecule has 3 aromatic rings. The number of rotatable bonds is 6. The molecule has 0 unspecified atom stereocenters. The zero-order valence-corrected chi connectivity index (χ0v) is 14.7. The molecule has 1 amide bonds. The molecule has 0 radical (unpaired) electrons. The number of benzene rings is 2. The summed E-state index contributed by atoms with van der Waals surface area (Å²) in [5.74, 6) is -0.359. The topological polar surface area (TPSA) is 102 Å². The fourth-order valence-corrected chi connectivity index (χ4v) is 2.44. The fourth-order valence-electron chi connectivity index (χ4n) is 2.29. The van der Waals surface area contributed by atoms with Gasteiger partial charge >= 0.3 is 0 Å². The van der Waals surface area contributed by atoms with E-state index in [9.17, 15) is 14.9 Å². The molecule has 2 aromatic carbocycles. The van der Waals surface area contributed by atoms with Gasteiger partial charge in [-0.2, -0.15) is 10.2 Å². The minimum Gasteiger partial charge on any atom is -0.267 e. The molecule has 0 saturated heterocycles. The van der Waals surface area contributed by atoms with Crippen LogP contribution in [-0.4, -0.2) is 26.8 Å². The average molecular weight is 384 g/mol. The number of nitrogens with one attached hydrogen (secondary N) is 1. The summed E-state index contributed by atoms with van der Waals surface area (Å²) in [5.41, 5.74) is 4.48. The smallest absolute Gasteiger partial charge is 0.267 e. The Morgan fingerprint density at radius 2 is 1.93 bits per heavy atom. The summed E-state index contributed by atoms with van der Waals surface area (Å²) in [6.07, 6.45) is 4.69. The summed E-state index contributed by atoms with van der Waals surface area (Å²) in [4.78, 5) is 22.2. The van der Waals surface area contributed by atoms with E-state index in [4.69, 9.17) is 11.6 Å². The van der Waals surface area contributed by atoms with Gasteiger partial charge in [0, 0.05) is 23.9 Å². The number of amides is 1. The molecule has 0 saturated carbocycles. The monoisotopic (exact) mass is 383 g/mol. The van der Waals surface area contributed by atoms with Crippen LogP contribution in [0.2, 0.25) is 5.02 Å². The summed E-state index contributed by atoms with van der Waals surface area (Å²) in [6, 6.07) is 12.9. The van der Waals surface area contributed by atoms with Crippen LogP contribution in [-0.2, 0) is 6.54 Å². The number of hydrogen-bond donors (Lipinski definition) is 1. The largest absolute Gasteiger partial charge is 0.271 e. The van der Waals surface area contributed by atoms with Crippen LogP contribution in [0.3, 0.4) is 0 Å². The number of aromatic nitrogens is 2. The first kappa shape index (κ1) is 18.3. The lowest BCUT2D eigenvalue weighted by molar-refractivity contribution is -0.384. The minimum atomic E-state index is -0.479. The third-order valence-electron chi connectivity index (χ3n) is 3.65. The lowest BCUT2D eigenvalue weighted by atomic mass is 10.1. The second-order valence-electron chi connectivity index (χ2n) is 5.60. The van der Waals surface area contributed by atoms with Crippen molar-refractivity contribution in [3.05, 3.63) is 92.8 Å². The molecule has 0 aliphatic heterocycles. The molecule has 0 aliphatic rings. The molecule has 1 N–H and O–H groups in total. The Balaban J connectivity index is 1.56. The van der Waals surface area contributed by atoms with Crippen molar-refractivity contribution in [1.82, 2.24) is 15.2 Å². The number of hydrazone groups is 1. The molecule has 0 bridgehead atoms. The van der Waals surface area contributed by atoms with Gasteiger partial charge in [0.25, 0.3) is 11.6 Å². The van der Waals surface area contributed by atoms with Gasteiger partial charge in [-0.1, -0.05) is 23.7 Å². The number of nitro benzene ring substituents is 1. The molecular formula is C18H14ClN5O3. The van der Waals surface area contributed by atoms with E-state index in [0.29, 0.717) is 22.7 Å². The second-order valence-corrected chi connectivity index (χ2v) is 6.04. The van der Waals surface area contributed by atoms with Gasteiger partial charge < -0.3 is 0 Å². The first-order valence-electron chi connectivity index (χ1n) is 7.86. The van der Waals surface area contributed by atoms with Gasteiger partial charge in [-0.15, -0.1) is 0 Å². The number of carbonyl (C=O) groups excluding carboxylic acids is 1.